The molecule has 0 aliphatic heterocycles. The zero-order chi connectivity index (χ0) is 11.4. The van der Waals surface area contributed by atoms with Gasteiger partial charge < -0.3 is 5.32 Å². The summed E-state index contributed by atoms with van der Waals surface area (Å²) in [6.07, 6.45) is 2.61. The zero-order valence-corrected chi connectivity index (χ0v) is 10.0. The van der Waals surface area contributed by atoms with E-state index >= 15 is 0 Å². The van der Waals surface area contributed by atoms with E-state index in [0.29, 0.717) is 0 Å². The van der Waals surface area contributed by atoms with Gasteiger partial charge in [0.05, 0.1) is 0 Å². The van der Waals surface area contributed by atoms with Gasteiger partial charge in [0.15, 0.2) is 0 Å². The number of hydrogen-bond acceptors (Lipinski definition) is 2. The number of thioether (sulfide) groups is 1. The van der Waals surface area contributed by atoms with Crippen LogP contribution >= 0.6 is 11.8 Å². The van der Waals surface area contributed by atoms with Gasteiger partial charge in [-0.2, -0.15) is 0 Å². The molecular weight excluding hydrogens is 221 g/mol. The van der Waals surface area contributed by atoms with Gasteiger partial charge in [0, 0.05) is 23.2 Å². The third kappa shape index (κ3) is 3.99. The Kier molecular flexibility index (Phi) is 4.02. The monoisotopic (exact) mass is 237 g/mol. The third-order valence-electron chi connectivity index (χ3n) is 2.47. The fourth-order valence-corrected chi connectivity index (χ4v) is 2.14. The van der Waals surface area contributed by atoms with E-state index in [-0.39, 0.29) is 5.82 Å². The molecule has 0 radical (unpaired) electrons. The van der Waals surface area contributed by atoms with Gasteiger partial charge in [-0.3, -0.25) is 0 Å². The lowest BCUT2D eigenvalue weighted by Gasteiger charge is -2.06. The molecule has 0 unspecified atom stereocenters. The molecule has 1 nitrogen and oxygen atoms in total. The van der Waals surface area contributed by atoms with Gasteiger partial charge in [0.1, 0.15) is 5.82 Å². The topological polar surface area (TPSA) is 12.0 Å². The Morgan fingerprint density at radius 1 is 1.38 bits per heavy atom. The lowest BCUT2D eigenvalue weighted by molar-refractivity contribution is 0.626. The van der Waals surface area contributed by atoms with Crippen LogP contribution in [0.25, 0.3) is 0 Å². The average Bonchev–Trinajstić information content (AvgIpc) is 3.09. The summed E-state index contributed by atoms with van der Waals surface area (Å²) >= 11 is 1.70. The smallest absolute Gasteiger partial charge is 0.123 e. The first kappa shape index (κ1) is 11.7. The van der Waals surface area contributed by atoms with Crippen LogP contribution in [0.1, 0.15) is 12.8 Å². The molecule has 1 aromatic rings. The number of hydrogen-bond donors (Lipinski definition) is 1. The van der Waals surface area contributed by atoms with Crippen molar-refractivity contribution in [1.29, 1.82) is 0 Å². The summed E-state index contributed by atoms with van der Waals surface area (Å²) in [7, 11) is 0. The molecule has 1 aliphatic rings. The normalized spacial score (nSPS) is 15.1. The summed E-state index contributed by atoms with van der Waals surface area (Å²) in [6.45, 7) is 4.93. The first-order valence-electron chi connectivity index (χ1n) is 5.52. The zero-order valence-electron chi connectivity index (χ0n) is 9.21. The number of rotatable bonds is 6. The van der Waals surface area contributed by atoms with E-state index in [1.807, 2.05) is 12.1 Å². The Hall–Kier alpha value is -0.800. The van der Waals surface area contributed by atoms with Crippen molar-refractivity contribution in [1.82, 2.24) is 5.32 Å². The van der Waals surface area contributed by atoms with Crippen molar-refractivity contribution in [2.24, 2.45) is 0 Å². The van der Waals surface area contributed by atoms with Crippen LogP contribution in [0.15, 0.2) is 41.3 Å². The molecule has 1 aromatic carbocycles. The van der Waals surface area contributed by atoms with Crippen LogP contribution in [0.4, 0.5) is 4.39 Å². The summed E-state index contributed by atoms with van der Waals surface area (Å²) < 4.78 is 12.7. The van der Waals surface area contributed by atoms with E-state index in [4.69, 9.17) is 0 Å². The van der Waals surface area contributed by atoms with Gasteiger partial charge in [0.25, 0.3) is 0 Å². The summed E-state index contributed by atoms with van der Waals surface area (Å²) in [5.74, 6) is 0.712. The molecule has 1 fully saturated rings. The first-order chi connectivity index (χ1) is 7.74. The third-order valence-corrected chi connectivity index (χ3v) is 3.63. The van der Waals surface area contributed by atoms with Gasteiger partial charge >= 0.3 is 0 Å². The predicted molar refractivity (Wildman–Crippen MR) is 67.3 cm³/mol. The van der Waals surface area contributed by atoms with E-state index < -0.39 is 0 Å². The minimum atomic E-state index is -0.182. The fourth-order valence-electron chi connectivity index (χ4n) is 1.34. The van der Waals surface area contributed by atoms with Crippen molar-refractivity contribution in [3.05, 3.63) is 42.2 Å². The number of benzene rings is 1. The molecule has 2 rings (SSSR count). The Morgan fingerprint density at radius 2 is 2.06 bits per heavy atom. The Morgan fingerprint density at radius 3 is 2.69 bits per heavy atom. The van der Waals surface area contributed by atoms with Crippen LogP contribution in [0, 0.1) is 5.82 Å². The average molecular weight is 237 g/mol. The molecule has 1 N–H and O–H groups in total. The Labute approximate surface area is 100 Å². The molecule has 0 atom stereocenters. The summed E-state index contributed by atoms with van der Waals surface area (Å²) in [6, 6.07) is 7.33. The summed E-state index contributed by atoms with van der Waals surface area (Å²) in [4.78, 5) is 1.09. The minimum Gasteiger partial charge on any atom is -0.310 e. The number of halogens is 1. The second-order valence-electron chi connectivity index (χ2n) is 4.15. The maximum Gasteiger partial charge on any atom is 0.123 e. The van der Waals surface area contributed by atoms with Gasteiger partial charge in [-0.15, -0.1) is 11.8 Å². The molecular formula is C13H16FNS. The van der Waals surface area contributed by atoms with Crippen molar-refractivity contribution in [3.63, 3.8) is 0 Å². The molecule has 0 aromatic heterocycles. The Balaban J connectivity index is 1.69. The van der Waals surface area contributed by atoms with Gasteiger partial charge in [-0.25, -0.2) is 4.39 Å². The predicted octanol–water partition coefficient (Wildman–Crippen LogP) is 3.23. The quantitative estimate of drug-likeness (QED) is 0.602. The molecule has 0 saturated heterocycles. The van der Waals surface area contributed by atoms with Crippen molar-refractivity contribution < 1.29 is 4.39 Å². The summed E-state index contributed by atoms with van der Waals surface area (Å²) in [5.41, 5.74) is 1.20. The van der Waals surface area contributed by atoms with Crippen LogP contribution in [0.3, 0.4) is 0 Å². The van der Waals surface area contributed by atoms with Crippen molar-refractivity contribution >= 4 is 11.8 Å². The summed E-state index contributed by atoms with van der Waals surface area (Å²) in [5, 5.41) is 3.43. The molecule has 1 aliphatic carbocycles. The lowest BCUT2D eigenvalue weighted by atomic mass is 10.3. The van der Waals surface area contributed by atoms with Gasteiger partial charge in [0.2, 0.25) is 0 Å². The molecule has 0 bridgehead atoms. The molecule has 1 saturated carbocycles. The van der Waals surface area contributed by atoms with E-state index in [1.54, 1.807) is 11.8 Å². The standard InChI is InChI=1S/C13H16FNS/c1-10(8-15-12-4-5-12)9-16-13-6-2-11(14)3-7-13/h2-3,6-7,12,15H,1,4-5,8-9H2. The van der Waals surface area contributed by atoms with Crippen LogP contribution in [0.2, 0.25) is 0 Å². The Bertz CT molecular complexity index is 357. The van der Waals surface area contributed by atoms with Crippen LogP contribution in [-0.2, 0) is 0 Å². The van der Waals surface area contributed by atoms with Crippen LogP contribution in [0.5, 0.6) is 0 Å². The lowest BCUT2D eigenvalue weighted by Crippen LogP contribution is -2.19. The van der Waals surface area contributed by atoms with E-state index in [9.17, 15) is 4.39 Å². The highest BCUT2D eigenvalue weighted by atomic mass is 32.2. The molecule has 0 amide bonds. The first-order valence-corrected chi connectivity index (χ1v) is 6.51. The second-order valence-corrected chi connectivity index (χ2v) is 5.20. The van der Waals surface area contributed by atoms with Crippen LogP contribution in [-0.4, -0.2) is 18.3 Å². The highest BCUT2D eigenvalue weighted by Gasteiger charge is 2.19. The molecule has 86 valence electrons. The highest BCUT2D eigenvalue weighted by Crippen LogP contribution is 2.21. The fraction of sp³-hybridized carbons (Fsp3) is 0.385. The molecule has 0 spiro atoms. The molecule has 3 heteroatoms. The largest absolute Gasteiger partial charge is 0.310 e. The molecule has 0 heterocycles. The van der Waals surface area contributed by atoms with Crippen molar-refractivity contribution in [2.45, 2.75) is 23.8 Å². The van der Waals surface area contributed by atoms with Crippen molar-refractivity contribution in [2.75, 3.05) is 12.3 Å². The van der Waals surface area contributed by atoms with E-state index in [2.05, 4.69) is 11.9 Å². The van der Waals surface area contributed by atoms with Crippen LogP contribution < -0.4 is 5.32 Å². The SMILES string of the molecule is C=C(CNC1CC1)CSc1ccc(F)cc1. The van der Waals surface area contributed by atoms with Gasteiger partial charge in [-0.1, -0.05) is 12.2 Å². The van der Waals surface area contributed by atoms with E-state index in [0.717, 1.165) is 23.2 Å². The van der Waals surface area contributed by atoms with E-state index in [1.165, 1.54) is 30.5 Å². The highest BCUT2D eigenvalue weighted by molar-refractivity contribution is 7.99. The maximum absolute atomic E-state index is 12.7. The second kappa shape index (κ2) is 5.51. The minimum absolute atomic E-state index is 0.182. The number of nitrogens with one attached hydrogen (secondary N) is 1. The van der Waals surface area contributed by atoms with Gasteiger partial charge in [-0.05, 0) is 37.1 Å². The molecule has 16 heavy (non-hydrogen) atoms. The van der Waals surface area contributed by atoms with Crippen molar-refractivity contribution in [3.8, 4) is 0 Å². The maximum atomic E-state index is 12.7.